The van der Waals surface area contributed by atoms with Crippen molar-refractivity contribution in [2.75, 3.05) is 5.32 Å². The molecule has 3 rings (SSSR count). The molecule has 3 aromatic rings. The van der Waals surface area contributed by atoms with E-state index in [2.05, 4.69) is 30.2 Å². The molecule has 0 aliphatic heterocycles. The number of halogens is 1. The fourth-order valence-electron chi connectivity index (χ4n) is 2.36. The number of fused-ring (bicyclic) bond motifs is 1. The largest absolute Gasteiger partial charge is 0.324 e. The monoisotopic (exact) mass is 313 g/mol. The average Bonchev–Trinajstić information content (AvgIpc) is 2.81. The van der Waals surface area contributed by atoms with Crippen LogP contribution in [0.15, 0.2) is 42.7 Å². The first kappa shape index (κ1) is 14.6. The summed E-state index contributed by atoms with van der Waals surface area (Å²) >= 11 is 5.91. The van der Waals surface area contributed by atoms with Gasteiger partial charge in [0.25, 0.3) is 0 Å². The quantitative estimate of drug-likeness (QED) is 0.796. The first-order chi connectivity index (χ1) is 10.5. The molecule has 0 saturated carbocycles. The predicted molar refractivity (Wildman–Crippen MR) is 89.3 cm³/mol. The fraction of sp³-hybridized carbons (Fsp3) is 0.176. The van der Waals surface area contributed by atoms with Gasteiger partial charge in [0.2, 0.25) is 5.91 Å². The summed E-state index contributed by atoms with van der Waals surface area (Å²) in [5, 5.41) is 3.43. The first-order valence-corrected chi connectivity index (χ1v) is 7.38. The van der Waals surface area contributed by atoms with E-state index in [0.29, 0.717) is 10.7 Å². The Bertz CT molecular complexity index is 854. The van der Waals surface area contributed by atoms with Gasteiger partial charge in [-0.25, -0.2) is 4.98 Å². The molecule has 1 amide bonds. The predicted octanol–water partition coefficient (Wildman–Crippen LogP) is 3.95. The highest BCUT2D eigenvalue weighted by atomic mass is 35.5. The zero-order valence-corrected chi connectivity index (χ0v) is 13.2. The standard InChI is InChI=1S/C17H16ClN3O/c1-11-6-15-16(7-12(11)2)21(10-19-15)9-17(22)20-14-5-3-4-13(18)8-14/h3-8,10H,9H2,1-2H3,(H,20,22). The van der Waals surface area contributed by atoms with Gasteiger partial charge in [-0.3, -0.25) is 4.79 Å². The molecule has 1 heterocycles. The molecule has 0 radical (unpaired) electrons. The number of rotatable bonds is 3. The number of imidazole rings is 1. The summed E-state index contributed by atoms with van der Waals surface area (Å²) in [7, 11) is 0. The molecule has 1 aromatic heterocycles. The highest BCUT2D eigenvalue weighted by molar-refractivity contribution is 6.30. The second-order valence-corrected chi connectivity index (χ2v) is 5.79. The molecular formula is C17H16ClN3O. The number of amides is 1. The van der Waals surface area contributed by atoms with Gasteiger partial charge in [-0.2, -0.15) is 0 Å². The maximum Gasteiger partial charge on any atom is 0.244 e. The highest BCUT2D eigenvalue weighted by Crippen LogP contribution is 2.19. The molecule has 0 saturated heterocycles. The number of nitrogens with zero attached hydrogens (tertiary/aromatic N) is 2. The van der Waals surface area contributed by atoms with E-state index < -0.39 is 0 Å². The van der Waals surface area contributed by atoms with Crippen molar-refractivity contribution >= 4 is 34.2 Å². The van der Waals surface area contributed by atoms with Crippen molar-refractivity contribution in [2.45, 2.75) is 20.4 Å². The van der Waals surface area contributed by atoms with Gasteiger partial charge in [-0.05, 0) is 55.3 Å². The third-order valence-electron chi connectivity index (χ3n) is 3.66. The lowest BCUT2D eigenvalue weighted by Crippen LogP contribution is -2.18. The van der Waals surface area contributed by atoms with Crippen LogP contribution in [-0.4, -0.2) is 15.5 Å². The third-order valence-corrected chi connectivity index (χ3v) is 3.89. The lowest BCUT2D eigenvalue weighted by molar-refractivity contribution is -0.116. The van der Waals surface area contributed by atoms with Gasteiger partial charge in [-0.1, -0.05) is 17.7 Å². The van der Waals surface area contributed by atoms with Gasteiger partial charge in [0.05, 0.1) is 17.4 Å². The van der Waals surface area contributed by atoms with E-state index in [4.69, 9.17) is 11.6 Å². The van der Waals surface area contributed by atoms with Gasteiger partial charge >= 0.3 is 0 Å². The zero-order chi connectivity index (χ0) is 15.7. The molecule has 0 fully saturated rings. The Labute approximate surface area is 133 Å². The van der Waals surface area contributed by atoms with Crippen LogP contribution in [0.2, 0.25) is 5.02 Å². The molecule has 5 heteroatoms. The molecule has 112 valence electrons. The zero-order valence-electron chi connectivity index (χ0n) is 12.4. The van der Waals surface area contributed by atoms with Gasteiger partial charge < -0.3 is 9.88 Å². The van der Waals surface area contributed by atoms with Crippen LogP contribution in [0, 0.1) is 13.8 Å². The number of hydrogen-bond donors (Lipinski definition) is 1. The van der Waals surface area contributed by atoms with Crippen LogP contribution in [0.3, 0.4) is 0 Å². The molecule has 22 heavy (non-hydrogen) atoms. The number of carbonyl (C=O) groups excluding carboxylic acids is 1. The van der Waals surface area contributed by atoms with Crippen molar-refractivity contribution in [1.29, 1.82) is 0 Å². The third kappa shape index (κ3) is 2.97. The van der Waals surface area contributed by atoms with E-state index in [0.717, 1.165) is 11.0 Å². The first-order valence-electron chi connectivity index (χ1n) is 7.00. The lowest BCUT2D eigenvalue weighted by Gasteiger charge is -2.08. The van der Waals surface area contributed by atoms with Crippen molar-refractivity contribution in [3.05, 3.63) is 58.9 Å². The number of aromatic nitrogens is 2. The smallest absolute Gasteiger partial charge is 0.244 e. The number of benzene rings is 2. The number of anilines is 1. The fourth-order valence-corrected chi connectivity index (χ4v) is 2.55. The maximum absolute atomic E-state index is 12.2. The molecule has 4 nitrogen and oxygen atoms in total. The Hall–Kier alpha value is -2.33. The summed E-state index contributed by atoms with van der Waals surface area (Å²) in [6, 6.07) is 11.2. The minimum atomic E-state index is -0.111. The van der Waals surface area contributed by atoms with E-state index in [1.165, 1.54) is 11.1 Å². The van der Waals surface area contributed by atoms with Gasteiger partial charge in [-0.15, -0.1) is 0 Å². The Balaban J connectivity index is 1.81. The van der Waals surface area contributed by atoms with E-state index in [-0.39, 0.29) is 12.5 Å². The van der Waals surface area contributed by atoms with Gasteiger partial charge in [0.15, 0.2) is 0 Å². The second-order valence-electron chi connectivity index (χ2n) is 5.36. The number of carbonyl (C=O) groups is 1. The van der Waals surface area contributed by atoms with Crippen LogP contribution < -0.4 is 5.32 Å². The van der Waals surface area contributed by atoms with Crippen molar-refractivity contribution in [1.82, 2.24) is 9.55 Å². The molecule has 1 N–H and O–H groups in total. The summed E-state index contributed by atoms with van der Waals surface area (Å²) in [6.07, 6.45) is 1.70. The van der Waals surface area contributed by atoms with Crippen LogP contribution >= 0.6 is 11.6 Å². The van der Waals surface area contributed by atoms with Crippen LogP contribution in [0.4, 0.5) is 5.69 Å². The van der Waals surface area contributed by atoms with E-state index in [9.17, 15) is 4.79 Å². The summed E-state index contributed by atoms with van der Waals surface area (Å²) in [4.78, 5) is 16.5. The van der Waals surface area contributed by atoms with Crippen LogP contribution in [-0.2, 0) is 11.3 Å². The van der Waals surface area contributed by atoms with Gasteiger partial charge in [0.1, 0.15) is 6.54 Å². The molecule has 0 aliphatic carbocycles. The minimum absolute atomic E-state index is 0.111. The number of nitrogens with one attached hydrogen (secondary N) is 1. The van der Waals surface area contributed by atoms with Crippen molar-refractivity contribution in [2.24, 2.45) is 0 Å². The van der Waals surface area contributed by atoms with Crippen molar-refractivity contribution in [3.63, 3.8) is 0 Å². The van der Waals surface area contributed by atoms with Gasteiger partial charge in [0, 0.05) is 10.7 Å². The SMILES string of the molecule is Cc1cc2ncn(CC(=O)Nc3cccc(Cl)c3)c2cc1C. The van der Waals surface area contributed by atoms with E-state index >= 15 is 0 Å². The van der Waals surface area contributed by atoms with E-state index in [1.54, 1.807) is 24.5 Å². The van der Waals surface area contributed by atoms with Crippen LogP contribution in [0.25, 0.3) is 11.0 Å². The Morgan fingerprint density at radius 1 is 1.23 bits per heavy atom. The molecule has 0 aliphatic rings. The second kappa shape index (κ2) is 5.81. The molecule has 0 spiro atoms. The van der Waals surface area contributed by atoms with Crippen LogP contribution in [0.5, 0.6) is 0 Å². The number of hydrogen-bond acceptors (Lipinski definition) is 2. The Morgan fingerprint density at radius 2 is 2.00 bits per heavy atom. The lowest BCUT2D eigenvalue weighted by atomic mass is 10.1. The summed E-state index contributed by atoms with van der Waals surface area (Å²) < 4.78 is 1.85. The summed E-state index contributed by atoms with van der Waals surface area (Å²) in [6.45, 7) is 4.32. The van der Waals surface area contributed by atoms with Crippen LogP contribution in [0.1, 0.15) is 11.1 Å². The van der Waals surface area contributed by atoms with Crippen molar-refractivity contribution < 1.29 is 4.79 Å². The van der Waals surface area contributed by atoms with Crippen molar-refractivity contribution in [3.8, 4) is 0 Å². The number of aryl methyl sites for hydroxylation is 2. The maximum atomic E-state index is 12.2. The molecular weight excluding hydrogens is 298 g/mol. The highest BCUT2D eigenvalue weighted by Gasteiger charge is 2.09. The molecule has 0 bridgehead atoms. The topological polar surface area (TPSA) is 46.9 Å². The Morgan fingerprint density at radius 3 is 2.77 bits per heavy atom. The minimum Gasteiger partial charge on any atom is -0.324 e. The molecule has 2 aromatic carbocycles. The molecule has 0 atom stereocenters. The molecule has 0 unspecified atom stereocenters. The normalized spacial score (nSPS) is 10.9. The van der Waals surface area contributed by atoms with E-state index in [1.807, 2.05) is 16.7 Å². The average molecular weight is 314 g/mol. The summed E-state index contributed by atoms with van der Waals surface area (Å²) in [5.74, 6) is -0.111. The Kier molecular flexibility index (Phi) is 3.86. The summed E-state index contributed by atoms with van der Waals surface area (Å²) in [5.41, 5.74) is 4.93.